The van der Waals surface area contributed by atoms with Crippen LogP contribution in [0.5, 0.6) is 0 Å². The molecule has 0 fully saturated rings. The van der Waals surface area contributed by atoms with Gasteiger partial charge in [0.1, 0.15) is 12.4 Å². The van der Waals surface area contributed by atoms with Crippen molar-refractivity contribution in [2.75, 3.05) is 11.9 Å². The van der Waals surface area contributed by atoms with Crippen molar-refractivity contribution >= 4 is 23.2 Å². The SMILES string of the molecule is CCc1ccc(NC(=O)Cn2c(-c3ccc(Cl)cc3)nc(C)c(CCO)c2=O)cc1. The summed E-state index contributed by atoms with van der Waals surface area (Å²) in [4.78, 5) is 30.4. The molecule has 0 aliphatic carbocycles. The Bertz CT molecular complexity index is 1090. The molecule has 156 valence electrons. The highest BCUT2D eigenvalue weighted by Gasteiger charge is 2.18. The zero-order valence-corrected chi connectivity index (χ0v) is 17.7. The fourth-order valence-electron chi connectivity index (χ4n) is 3.23. The van der Waals surface area contributed by atoms with E-state index in [4.69, 9.17) is 11.6 Å². The second-order valence-electron chi connectivity index (χ2n) is 6.97. The van der Waals surface area contributed by atoms with Crippen LogP contribution in [0, 0.1) is 6.92 Å². The van der Waals surface area contributed by atoms with Crippen molar-refractivity contribution in [1.82, 2.24) is 9.55 Å². The molecule has 1 amide bonds. The molecular formula is C23H24ClN3O3. The standard InChI is InChI=1S/C23H24ClN3O3/c1-3-16-4-10-19(11-5-16)26-21(29)14-27-22(17-6-8-18(24)9-7-17)25-15(2)20(12-13-28)23(27)30/h4-11,28H,3,12-14H2,1-2H3,(H,26,29). The van der Waals surface area contributed by atoms with Gasteiger partial charge in [0.15, 0.2) is 0 Å². The summed E-state index contributed by atoms with van der Waals surface area (Å²) in [5.41, 5.74) is 3.11. The van der Waals surface area contributed by atoms with Gasteiger partial charge in [-0.3, -0.25) is 14.2 Å². The number of hydrogen-bond acceptors (Lipinski definition) is 4. The van der Waals surface area contributed by atoms with Gasteiger partial charge in [-0.05, 0) is 55.3 Å². The lowest BCUT2D eigenvalue weighted by molar-refractivity contribution is -0.116. The Labute approximate surface area is 180 Å². The molecule has 1 aromatic heterocycles. The fraction of sp³-hybridized carbons (Fsp3) is 0.261. The molecule has 2 N–H and O–H groups in total. The largest absolute Gasteiger partial charge is 0.396 e. The lowest BCUT2D eigenvalue weighted by atomic mass is 10.1. The maximum atomic E-state index is 13.1. The smallest absolute Gasteiger partial charge is 0.257 e. The summed E-state index contributed by atoms with van der Waals surface area (Å²) in [6.07, 6.45) is 1.09. The van der Waals surface area contributed by atoms with Gasteiger partial charge in [0.2, 0.25) is 5.91 Å². The minimum Gasteiger partial charge on any atom is -0.396 e. The van der Waals surface area contributed by atoms with Gasteiger partial charge in [0.25, 0.3) is 5.56 Å². The summed E-state index contributed by atoms with van der Waals surface area (Å²) < 4.78 is 1.34. The maximum absolute atomic E-state index is 13.1. The van der Waals surface area contributed by atoms with Gasteiger partial charge in [0.05, 0.1) is 0 Å². The third-order valence-corrected chi connectivity index (χ3v) is 5.13. The number of aliphatic hydroxyl groups excluding tert-OH is 1. The molecule has 0 aliphatic rings. The highest BCUT2D eigenvalue weighted by atomic mass is 35.5. The zero-order chi connectivity index (χ0) is 21.7. The number of aryl methyl sites for hydroxylation is 2. The van der Waals surface area contributed by atoms with E-state index in [-0.39, 0.29) is 31.0 Å². The fourth-order valence-corrected chi connectivity index (χ4v) is 3.36. The van der Waals surface area contributed by atoms with Gasteiger partial charge in [-0.25, -0.2) is 4.98 Å². The number of amides is 1. The first-order chi connectivity index (χ1) is 14.4. The van der Waals surface area contributed by atoms with Gasteiger partial charge in [-0.2, -0.15) is 0 Å². The van der Waals surface area contributed by atoms with Crippen molar-refractivity contribution in [2.45, 2.75) is 33.2 Å². The van der Waals surface area contributed by atoms with E-state index in [0.29, 0.717) is 33.4 Å². The molecule has 30 heavy (non-hydrogen) atoms. The van der Waals surface area contributed by atoms with Gasteiger partial charge in [-0.15, -0.1) is 0 Å². The molecule has 0 unspecified atom stereocenters. The average molecular weight is 426 g/mol. The highest BCUT2D eigenvalue weighted by Crippen LogP contribution is 2.20. The number of carbonyl (C=O) groups excluding carboxylic acids is 1. The lowest BCUT2D eigenvalue weighted by Crippen LogP contribution is -2.33. The van der Waals surface area contributed by atoms with Crippen LogP contribution in [0.3, 0.4) is 0 Å². The zero-order valence-electron chi connectivity index (χ0n) is 17.0. The van der Waals surface area contributed by atoms with Crippen molar-refractivity contribution in [3.8, 4) is 11.4 Å². The van der Waals surface area contributed by atoms with Crippen LogP contribution in [0.1, 0.15) is 23.7 Å². The van der Waals surface area contributed by atoms with Crippen molar-refractivity contribution in [1.29, 1.82) is 0 Å². The van der Waals surface area contributed by atoms with Crippen LogP contribution < -0.4 is 10.9 Å². The molecule has 3 aromatic rings. The molecule has 0 radical (unpaired) electrons. The van der Waals surface area contributed by atoms with Crippen LogP contribution in [-0.2, 0) is 24.2 Å². The van der Waals surface area contributed by atoms with Crippen LogP contribution in [0.25, 0.3) is 11.4 Å². The Morgan fingerprint density at radius 3 is 2.40 bits per heavy atom. The van der Waals surface area contributed by atoms with E-state index in [2.05, 4.69) is 17.2 Å². The first-order valence-corrected chi connectivity index (χ1v) is 10.2. The van der Waals surface area contributed by atoms with Gasteiger partial charge < -0.3 is 10.4 Å². The Morgan fingerprint density at radius 1 is 1.13 bits per heavy atom. The Morgan fingerprint density at radius 2 is 1.80 bits per heavy atom. The molecule has 0 bridgehead atoms. The molecule has 0 spiro atoms. The van der Waals surface area contributed by atoms with E-state index in [9.17, 15) is 14.7 Å². The Kier molecular flexibility index (Phi) is 7.03. The van der Waals surface area contributed by atoms with E-state index >= 15 is 0 Å². The highest BCUT2D eigenvalue weighted by molar-refractivity contribution is 6.30. The van der Waals surface area contributed by atoms with E-state index in [1.54, 1.807) is 31.2 Å². The third kappa shape index (κ3) is 4.96. The van der Waals surface area contributed by atoms with Gasteiger partial charge in [0, 0.05) is 40.6 Å². The topological polar surface area (TPSA) is 84.2 Å². The van der Waals surface area contributed by atoms with E-state index in [1.165, 1.54) is 10.1 Å². The Balaban J connectivity index is 1.97. The molecule has 0 atom stereocenters. The maximum Gasteiger partial charge on any atom is 0.257 e. The molecule has 6 nitrogen and oxygen atoms in total. The number of anilines is 1. The predicted octanol–water partition coefficient (Wildman–Crippen LogP) is 3.61. The molecule has 0 saturated heterocycles. The van der Waals surface area contributed by atoms with E-state index in [1.807, 2.05) is 24.3 Å². The number of carbonyl (C=O) groups is 1. The summed E-state index contributed by atoms with van der Waals surface area (Å²) in [7, 11) is 0. The molecule has 0 saturated carbocycles. The van der Waals surface area contributed by atoms with Gasteiger partial charge in [-0.1, -0.05) is 30.7 Å². The number of aromatic nitrogens is 2. The number of hydrogen-bond donors (Lipinski definition) is 2. The molecule has 0 aliphatic heterocycles. The van der Waals surface area contributed by atoms with Crippen LogP contribution in [-0.4, -0.2) is 27.2 Å². The number of aliphatic hydroxyl groups is 1. The predicted molar refractivity (Wildman–Crippen MR) is 119 cm³/mol. The van der Waals surface area contributed by atoms with Crippen molar-refractivity contribution in [2.24, 2.45) is 0 Å². The first-order valence-electron chi connectivity index (χ1n) is 9.78. The van der Waals surface area contributed by atoms with Gasteiger partial charge >= 0.3 is 0 Å². The quantitative estimate of drug-likeness (QED) is 0.605. The second-order valence-corrected chi connectivity index (χ2v) is 7.41. The second kappa shape index (κ2) is 9.69. The van der Waals surface area contributed by atoms with Crippen LogP contribution in [0.4, 0.5) is 5.69 Å². The average Bonchev–Trinajstić information content (AvgIpc) is 2.74. The summed E-state index contributed by atoms with van der Waals surface area (Å²) in [5.74, 6) is 0.0458. The summed E-state index contributed by atoms with van der Waals surface area (Å²) in [6, 6.07) is 14.5. The number of halogens is 1. The summed E-state index contributed by atoms with van der Waals surface area (Å²) >= 11 is 5.98. The van der Waals surface area contributed by atoms with Crippen molar-refractivity contribution < 1.29 is 9.90 Å². The lowest BCUT2D eigenvalue weighted by Gasteiger charge is -2.16. The number of rotatable bonds is 7. The summed E-state index contributed by atoms with van der Waals surface area (Å²) in [5, 5.41) is 12.7. The normalized spacial score (nSPS) is 10.8. The molecule has 2 aromatic carbocycles. The molecular weight excluding hydrogens is 402 g/mol. The number of benzene rings is 2. The number of nitrogens with zero attached hydrogens (tertiary/aromatic N) is 2. The molecule has 3 rings (SSSR count). The van der Waals surface area contributed by atoms with Crippen LogP contribution in [0.15, 0.2) is 53.3 Å². The Hall–Kier alpha value is -2.96. The summed E-state index contributed by atoms with van der Waals surface area (Å²) in [6.45, 7) is 3.42. The first kappa shape index (κ1) is 21.7. The minimum atomic E-state index is -0.336. The molecule has 1 heterocycles. The third-order valence-electron chi connectivity index (χ3n) is 4.88. The molecule has 7 heteroatoms. The van der Waals surface area contributed by atoms with Crippen LogP contribution in [0.2, 0.25) is 5.02 Å². The van der Waals surface area contributed by atoms with E-state index in [0.717, 1.165) is 6.42 Å². The van der Waals surface area contributed by atoms with Crippen molar-refractivity contribution in [3.63, 3.8) is 0 Å². The monoisotopic (exact) mass is 425 g/mol. The minimum absolute atomic E-state index is 0.173. The van der Waals surface area contributed by atoms with Crippen molar-refractivity contribution in [3.05, 3.63) is 80.7 Å². The van der Waals surface area contributed by atoms with Crippen LogP contribution >= 0.6 is 11.6 Å². The number of nitrogens with one attached hydrogen (secondary N) is 1. The van der Waals surface area contributed by atoms with E-state index < -0.39 is 0 Å².